The number of aliphatic hydroxyl groups is 1. The maximum Gasteiger partial charge on any atom is 0.410 e. The van der Waals surface area contributed by atoms with Crippen LogP contribution in [0.2, 0.25) is 0 Å². The smallest absolute Gasteiger partial charge is 0.410 e. The van der Waals surface area contributed by atoms with Crippen molar-refractivity contribution in [2.75, 3.05) is 19.8 Å². The van der Waals surface area contributed by atoms with Crippen LogP contribution in [0.5, 0.6) is 0 Å². The van der Waals surface area contributed by atoms with Crippen molar-refractivity contribution in [2.45, 2.75) is 19.4 Å². The van der Waals surface area contributed by atoms with Gasteiger partial charge in [-0.1, -0.05) is 0 Å². The highest BCUT2D eigenvalue weighted by Crippen LogP contribution is 2.08. The van der Waals surface area contributed by atoms with Gasteiger partial charge < -0.3 is 14.7 Å². The average molecular weight is 159 g/mol. The second-order valence-electron chi connectivity index (χ2n) is 2.69. The van der Waals surface area contributed by atoms with Gasteiger partial charge in [0, 0.05) is 6.54 Å². The van der Waals surface area contributed by atoms with E-state index in [1.165, 1.54) is 0 Å². The second-order valence-corrected chi connectivity index (χ2v) is 2.69. The van der Waals surface area contributed by atoms with Gasteiger partial charge in [0.15, 0.2) is 0 Å². The van der Waals surface area contributed by atoms with Crippen molar-refractivity contribution in [3.63, 3.8) is 0 Å². The summed E-state index contributed by atoms with van der Waals surface area (Å²) in [6.07, 6.45) is 0.550. The van der Waals surface area contributed by atoms with Gasteiger partial charge in [-0.15, -0.1) is 0 Å². The highest BCUT2D eigenvalue weighted by molar-refractivity contribution is 5.68. The van der Waals surface area contributed by atoms with E-state index >= 15 is 0 Å². The molecule has 0 bridgehead atoms. The minimum absolute atomic E-state index is 0.00486. The number of amides is 1. The first-order valence-corrected chi connectivity index (χ1v) is 3.80. The molecular formula is C7H13NO3. The summed E-state index contributed by atoms with van der Waals surface area (Å²) < 4.78 is 4.79. The predicted octanol–water partition coefficient (Wildman–Crippen LogP) is 0.210. The molecule has 0 radical (unpaired) electrons. The first-order chi connectivity index (χ1) is 5.25. The number of nitrogens with zero attached hydrogens (tertiary/aromatic N) is 1. The van der Waals surface area contributed by atoms with E-state index in [9.17, 15) is 4.79 Å². The summed E-state index contributed by atoms with van der Waals surface area (Å²) >= 11 is 0. The van der Waals surface area contributed by atoms with Gasteiger partial charge in [0.2, 0.25) is 0 Å². The third kappa shape index (κ3) is 1.83. The Kier molecular flexibility index (Phi) is 2.70. The lowest BCUT2D eigenvalue weighted by Crippen LogP contribution is -2.44. The number of rotatable bonds is 2. The largest absolute Gasteiger partial charge is 0.449 e. The lowest BCUT2D eigenvalue weighted by atomic mass is 10.3. The minimum Gasteiger partial charge on any atom is -0.449 e. The number of ether oxygens (including phenoxy) is 1. The zero-order valence-electron chi connectivity index (χ0n) is 6.62. The Morgan fingerprint density at radius 2 is 2.55 bits per heavy atom. The first-order valence-electron chi connectivity index (χ1n) is 3.80. The molecule has 1 fully saturated rings. The molecule has 1 atom stereocenters. The van der Waals surface area contributed by atoms with Crippen molar-refractivity contribution < 1.29 is 14.6 Å². The highest BCUT2D eigenvalue weighted by Gasteiger charge is 2.23. The van der Waals surface area contributed by atoms with E-state index in [1.54, 1.807) is 11.8 Å². The molecule has 1 heterocycles. The Morgan fingerprint density at radius 3 is 3.09 bits per heavy atom. The Bertz CT molecular complexity index is 149. The summed E-state index contributed by atoms with van der Waals surface area (Å²) in [5, 5.41) is 8.76. The topological polar surface area (TPSA) is 49.8 Å². The highest BCUT2D eigenvalue weighted by atomic mass is 16.6. The van der Waals surface area contributed by atoms with Crippen molar-refractivity contribution in [2.24, 2.45) is 0 Å². The second kappa shape index (κ2) is 3.57. The molecule has 64 valence electrons. The predicted molar refractivity (Wildman–Crippen MR) is 39.2 cm³/mol. The van der Waals surface area contributed by atoms with Crippen LogP contribution in [0, 0.1) is 0 Å². The van der Waals surface area contributed by atoms with E-state index in [0.717, 1.165) is 6.42 Å². The van der Waals surface area contributed by atoms with Gasteiger partial charge in [-0.05, 0) is 13.3 Å². The first kappa shape index (κ1) is 8.33. The van der Waals surface area contributed by atoms with E-state index in [1.807, 2.05) is 0 Å². The van der Waals surface area contributed by atoms with E-state index in [0.29, 0.717) is 13.2 Å². The van der Waals surface area contributed by atoms with Crippen molar-refractivity contribution in [1.82, 2.24) is 4.90 Å². The van der Waals surface area contributed by atoms with E-state index in [4.69, 9.17) is 9.84 Å². The molecule has 11 heavy (non-hydrogen) atoms. The van der Waals surface area contributed by atoms with Crippen LogP contribution >= 0.6 is 0 Å². The third-order valence-corrected chi connectivity index (χ3v) is 1.80. The zero-order chi connectivity index (χ0) is 8.27. The quantitative estimate of drug-likeness (QED) is 0.626. The number of hydrogen-bond donors (Lipinski definition) is 1. The Hall–Kier alpha value is -0.770. The summed E-state index contributed by atoms with van der Waals surface area (Å²) in [4.78, 5) is 12.5. The molecule has 1 amide bonds. The fraction of sp³-hybridized carbons (Fsp3) is 0.857. The summed E-state index contributed by atoms with van der Waals surface area (Å²) in [5.41, 5.74) is 0. The van der Waals surface area contributed by atoms with Crippen molar-refractivity contribution >= 4 is 6.09 Å². The molecule has 1 N–H and O–H groups in total. The summed E-state index contributed by atoms with van der Waals surface area (Å²) in [6.45, 7) is 3.00. The van der Waals surface area contributed by atoms with Crippen LogP contribution < -0.4 is 0 Å². The average Bonchev–Trinajstić information content (AvgIpc) is 2.04. The Morgan fingerprint density at radius 1 is 1.82 bits per heavy atom. The van der Waals surface area contributed by atoms with E-state index < -0.39 is 0 Å². The molecular weight excluding hydrogens is 146 g/mol. The number of hydrogen-bond acceptors (Lipinski definition) is 3. The molecule has 4 nitrogen and oxygen atoms in total. The van der Waals surface area contributed by atoms with Crippen LogP contribution in [0.4, 0.5) is 4.79 Å². The van der Waals surface area contributed by atoms with Crippen LogP contribution in [0.1, 0.15) is 13.3 Å². The number of aliphatic hydroxyl groups excluding tert-OH is 1. The summed E-state index contributed by atoms with van der Waals surface area (Å²) in [5.74, 6) is 0. The molecule has 0 aromatic carbocycles. The van der Waals surface area contributed by atoms with E-state index in [2.05, 4.69) is 0 Å². The van der Waals surface area contributed by atoms with Crippen LogP contribution in [-0.4, -0.2) is 41.9 Å². The van der Waals surface area contributed by atoms with Gasteiger partial charge >= 0.3 is 6.09 Å². The van der Waals surface area contributed by atoms with Gasteiger partial charge in [-0.25, -0.2) is 4.79 Å². The fourth-order valence-electron chi connectivity index (χ4n) is 1.07. The molecule has 1 rings (SSSR count). The molecule has 0 spiro atoms. The summed E-state index contributed by atoms with van der Waals surface area (Å²) in [6, 6.07) is -0.122. The fourth-order valence-corrected chi connectivity index (χ4v) is 1.07. The molecule has 1 saturated heterocycles. The van der Waals surface area contributed by atoms with Crippen LogP contribution in [0.25, 0.3) is 0 Å². The van der Waals surface area contributed by atoms with Crippen LogP contribution in [-0.2, 0) is 4.74 Å². The van der Waals surface area contributed by atoms with Crippen molar-refractivity contribution in [3.8, 4) is 0 Å². The van der Waals surface area contributed by atoms with Gasteiger partial charge in [-0.3, -0.25) is 0 Å². The monoisotopic (exact) mass is 159 g/mol. The van der Waals surface area contributed by atoms with Gasteiger partial charge in [-0.2, -0.15) is 0 Å². The third-order valence-electron chi connectivity index (χ3n) is 1.80. The summed E-state index contributed by atoms with van der Waals surface area (Å²) in [7, 11) is 0. The maximum atomic E-state index is 11.0. The molecule has 1 aliphatic rings. The van der Waals surface area contributed by atoms with E-state index in [-0.39, 0.29) is 18.7 Å². The molecule has 0 aliphatic carbocycles. The zero-order valence-corrected chi connectivity index (χ0v) is 6.62. The lowest BCUT2D eigenvalue weighted by Gasteiger charge is -2.30. The van der Waals surface area contributed by atoms with Gasteiger partial charge in [0.05, 0.1) is 19.3 Å². The molecule has 0 aromatic heterocycles. The van der Waals surface area contributed by atoms with Crippen molar-refractivity contribution in [1.29, 1.82) is 0 Å². The molecule has 0 aromatic rings. The standard InChI is InChI=1S/C7H13NO3/c1-6(5-9)8-3-2-4-11-7(8)10/h6,9H,2-5H2,1H3/t6-/m1/s1. The normalized spacial score (nSPS) is 21.3. The molecule has 4 heteroatoms. The molecule has 1 aliphatic heterocycles. The molecule has 0 unspecified atom stereocenters. The maximum absolute atomic E-state index is 11.0. The molecule has 0 saturated carbocycles. The minimum atomic E-state index is -0.308. The Labute approximate surface area is 65.8 Å². The lowest BCUT2D eigenvalue weighted by molar-refractivity contribution is 0.0450. The van der Waals surface area contributed by atoms with Gasteiger partial charge in [0.25, 0.3) is 0 Å². The number of carbonyl (C=O) groups is 1. The van der Waals surface area contributed by atoms with Crippen molar-refractivity contribution in [3.05, 3.63) is 0 Å². The van der Waals surface area contributed by atoms with Gasteiger partial charge in [0.1, 0.15) is 0 Å². The van der Waals surface area contributed by atoms with Crippen LogP contribution in [0.3, 0.4) is 0 Å². The number of carbonyl (C=O) groups excluding carboxylic acids is 1. The van der Waals surface area contributed by atoms with Crippen LogP contribution in [0.15, 0.2) is 0 Å². The Balaban J connectivity index is 2.47. The number of cyclic esters (lactones) is 1. The SMILES string of the molecule is C[C@H](CO)N1CCCOC1=O.